The van der Waals surface area contributed by atoms with E-state index in [9.17, 15) is 14.4 Å². The summed E-state index contributed by atoms with van der Waals surface area (Å²) in [5.74, 6) is -0.462. The van der Waals surface area contributed by atoms with Crippen LogP contribution >= 0.6 is 0 Å². The molecule has 4 rings (SSSR count). The lowest BCUT2D eigenvalue weighted by Gasteiger charge is -2.14. The standard InChI is InChI=1S/C23H19N3O4/c24-21(27)20-13-16(8-10-25-20)14-30-17-5-3-4-15(12-17)9-11-26-22(28)18-6-1-2-7-19(18)23(26)29/h1-8,10,12-13H,9,11,14H2,(H2,24,27). The highest BCUT2D eigenvalue weighted by Crippen LogP contribution is 2.23. The van der Waals surface area contributed by atoms with Crippen molar-refractivity contribution in [2.24, 2.45) is 5.73 Å². The van der Waals surface area contributed by atoms with Crippen molar-refractivity contribution in [3.8, 4) is 5.75 Å². The van der Waals surface area contributed by atoms with E-state index in [4.69, 9.17) is 10.5 Å². The van der Waals surface area contributed by atoms with Crippen molar-refractivity contribution < 1.29 is 19.1 Å². The molecular weight excluding hydrogens is 382 g/mol. The molecule has 7 heteroatoms. The second-order valence-corrected chi connectivity index (χ2v) is 6.91. The van der Waals surface area contributed by atoms with Crippen molar-refractivity contribution in [3.05, 3.63) is 94.8 Å². The molecule has 0 saturated heterocycles. The van der Waals surface area contributed by atoms with Crippen LogP contribution in [0.3, 0.4) is 0 Å². The number of primary amides is 1. The summed E-state index contributed by atoms with van der Waals surface area (Å²) in [6.45, 7) is 0.548. The molecule has 3 aromatic rings. The van der Waals surface area contributed by atoms with E-state index in [-0.39, 0.29) is 24.1 Å². The zero-order valence-electron chi connectivity index (χ0n) is 16.1. The number of hydrogen-bond donors (Lipinski definition) is 1. The Hall–Kier alpha value is -4.00. The molecule has 1 aliphatic rings. The molecule has 0 spiro atoms. The molecule has 2 heterocycles. The maximum atomic E-state index is 12.5. The van der Waals surface area contributed by atoms with Gasteiger partial charge in [-0.25, -0.2) is 0 Å². The number of ether oxygens (including phenoxy) is 1. The van der Waals surface area contributed by atoms with Crippen LogP contribution in [0.5, 0.6) is 5.75 Å². The molecule has 2 N–H and O–H groups in total. The van der Waals surface area contributed by atoms with Crippen molar-refractivity contribution in [2.45, 2.75) is 13.0 Å². The van der Waals surface area contributed by atoms with Crippen LogP contribution in [0.1, 0.15) is 42.3 Å². The van der Waals surface area contributed by atoms with Gasteiger partial charge in [-0.1, -0.05) is 24.3 Å². The SMILES string of the molecule is NC(=O)c1cc(COc2cccc(CCN3C(=O)c4ccccc4C3=O)c2)ccn1. The minimum absolute atomic E-state index is 0.186. The molecule has 0 radical (unpaired) electrons. The van der Waals surface area contributed by atoms with Gasteiger partial charge >= 0.3 is 0 Å². The van der Waals surface area contributed by atoms with E-state index < -0.39 is 5.91 Å². The molecule has 1 aliphatic heterocycles. The van der Waals surface area contributed by atoms with Gasteiger partial charge in [0.1, 0.15) is 18.1 Å². The maximum Gasteiger partial charge on any atom is 0.267 e. The Bertz CT molecular complexity index is 1110. The van der Waals surface area contributed by atoms with E-state index in [1.165, 1.54) is 11.1 Å². The molecule has 0 fully saturated rings. The monoisotopic (exact) mass is 401 g/mol. The number of nitrogens with two attached hydrogens (primary N) is 1. The molecule has 1 aromatic heterocycles. The average molecular weight is 401 g/mol. The van der Waals surface area contributed by atoms with Gasteiger partial charge < -0.3 is 10.5 Å². The highest BCUT2D eigenvalue weighted by atomic mass is 16.5. The summed E-state index contributed by atoms with van der Waals surface area (Å²) in [5, 5.41) is 0. The van der Waals surface area contributed by atoms with E-state index in [0.29, 0.717) is 29.8 Å². The summed E-state index contributed by atoms with van der Waals surface area (Å²) in [7, 11) is 0. The normalized spacial score (nSPS) is 12.7. The largest absolute Gasteiger partial charge is 0.489 e. The smallest absolute Gasteiger partial charge is 0.267 e. The van der Waals surface area contributed by atoms with Gasteiger partial charge in [0.25, 0.3) is 17.7 Å². The first-order chi connectivity index (χ1) is 14.5. The molecule has 7 nitrogen and oxygen atoms in total. The summed E-state index contributed by atoms with van der Waals surface area (Å²) >= 11 is 0. The zero-order chi connectivity index (χ0) is 21.1. The van der Waals surface area contributed by atoms with Gasteiger partial charge in [-0.15, -0.1) is 0 Å². The van der Waals surface area contributed by atoms with E-state index in [0.717, 1.165) is 11.1 Å². The Labute approximate surface area is 173 Å². The van der Waals surface area contributed by atoms with Crippen LogP contribution in [0.15, 0.2) is 66.9 Å². The Balaban J connectivity index is 1.39. The second-order valence-electron chi connectivity index (χ2n) is 6.91. The van der Waals surface area contributed by atoms with Gasteiger partial charge in [-0.2, -0.15) is 0 Å². The van der Waals surface area contributed by atoms with Crippen molar-refractivity contribution in [2.75, 3.05) is 6.54 Å². The number of amides is 3. The lowest BCUT2D eigenvalue weighted by atomic mass is 10.1. The Morgan fingerprint density at radius 1 is 0.933 bits per heavy atom. The van der Waals surface area contributed by atoms with Gasteiger partial charge in [0.05, 0.1) is 11.1 Å². The summed E-state index contributed by atoms with van der Waals surface area (Å²) < 4.78 is 5.80. The van der Waals surface area contributed by atoms with Crippen LogP contribution in [0.25, 0.3) is 0 Å². The topological polar surface area (TPSA) is 103 Å². The zero-order valence-corrected chi connectivity index (χ0v) is 16.1. The van der Waals surface area contributed by atoms with Crippen LogP contribution < -0.4 is 10.5 Å². The van der Waals surface area contributed by atoms with Gasteiger partial charge in [-0.3, -0.25) is 24.3 Å². The molecule has 2 aromatic carbocycles. The van der Waals surface area contributed by atoms with Crippen molar-refractivity contribution >= 4 is 17.7 Å². The number of fused-ring (bicyclic) bond motifs is 1. The summed E-state index contributed by atoms with van der Waals surface area (Å²) in [5.41, 5.74) is 8.05. The number of aromatic nitrogens is 1. The van der Waals surface area contributed by atoms with E-state index in [1.807, 2.05) is 24.3 Å². The van der Waals surface area contributed by atoms with Crippen LogP contribution in [-0.4, -0.2) is 34.2 Å². The molecule has 0 aliphatic carbocycles. The molecule has 30 heavy (non-hydrogen) atoms. The lowest BCUT2D eigenvalue weighted by Crippen LogP contribution is -2.31. The first-order valence-corrected chi connectivity index (χ1v) is 9.44. The molecule has 150 valence electrons. The van der Waals surface area contributed by atoms with E-state index >= 15 is 0 Å². The predicted octanol–water partition coefficient (Wildman–Crippen LogP) is 2.60. The van der Waals surface area contributed by atoms with Crippen LogP contribution in [-0.2, 0) is 13.0 Å². The highest BCUT2D eigenvalue weighted by Gasteiger charge is 2.34. The fourth-order valence-corrected chi connectivity index (χ4v) is 3.34. The highest BCUT2D eigenvalue weighted by molar-refractivity contribution is 6.21. The first-order valence-electron chi connectivity index (χ1n) is 9.44. The molecular formula is C23H19N3O4. The molecule has 0 atom stereocenters. The van der Waals surface area contributed by atoms with Crippen molar-refractivity contribution in [1.82, 2.24) is 9.88 Å². The summed E-state index contributed by atoms with van der Waals surface area (Å²) in [6, 6.07) is 17.7. The van der Waals surface area contributed by atoms with Crippen LogP contribution in [0, 0.1) is 0 Å². The van der Waals surface area contributed by atoms with Gasteiger partial charge in [0, 0.05) is 12.7 Å². The number of pyridine rings is 1. The number of benzene rings is 2. The van der Waals surface area contributed by atoms with Crippen LogP contribution in [0.2, 0.25) is 0 Å². The van der Waals surface area contributed by atoms with Gasteiger partial charge in [0.2, 0.25) is 0 Å². The molecule has 3 amide bonds. The number of carbonyl (C=O) groups excluding carboxylic acids is 3. The Morgan fingerprint density at radius 3 is 2.37 bits per heavy atom. The van der Waals surface area contributed by atoms with Crippen molar-refractivity contribution in [3.63, 3.8) is 0 Å². The van der Waals surface area contributed by atoms with E-state index in [2.05, 4.69) is 4.98 Å². The summed E-state index contributed by atoms with van der Waals surface area (Å²) in [4.78, 5) is 41.4. The molecule has 0 unspecified atom stereocenters. The third kappa shape index (κ3) is 3.91. The quantitative estimate of drug-likeness (QED) is 0.613. The first kappa shape index (κ1) is 19.3. The number of nitrogens with zero attached hydrogens (tertiary/aromatic N) is 2. The number of rotatable bonds is 7. The van der Waals surface area contributed by atoms with Crippen LogP contribution in [0.4, 0.5) is 0 Å². The minimum atomic E-state index is -0.591. The molecule has 0 saturated carbocycles. The van der Waals surface area contributed by atoms with Gasteiger partial charge in [0.15, 0.2) is 0 Å². The number of hydrogen-bond acceptors (Lipinski definition) is 5. The third-order valence-electron chi connectivity index (χ3n) is 4.88. The minimum Gasteiger partial charge on any atom is -0.489 e. The van der Waals surface area contributed by atoms with E-state index in [1.54, 1.807) is 36.4 Å². The lowest BCUT2D eigenvalue weighted by molar-refractivity contribution is 0.0656. The fourth-order valence-electron chi connectivity index (χ4n) is 3.34. The molecule has 0 bridgehead atoms. The summed E-state index contributed by atoms with van der Waals surface area (Å²) in [6.07, 6.45) is 2.03. The maximum absolute atomic E-state index is 12.5. The predicted molar refractivity (Wildman–Crippen MR) is 109 cm³/mol. The third-order valence-corrected chi connectivity index (χ3v) is 4.88. The Kier molecular flexibility index (Phi) is 5.26. The number of imide groups is 1. The van der Waals surface area contributed by atoms with Gasteiger partial charge in [-0.05, 0) is 53.9 Å². The fraction of sp³-hybridized carbons (Fsp3) is 0.130. The van der Waals surface area contributed by atoms with Crippen molar-refractivity contribution in [1.29, 1.82) is 0 Å². The second kappa shape index (κ2) is 8.16. The Morgan fingerprint density at radius 2 is 1.67 bits per heavy atom. The number of carbonyl (C=O) groups is 3. The average Bonchev–Trinajstić information content (AvgIpc) is 3.01.